The van der Waals surface area contributed by atoms with Gasteiger partial charge in [0, 0.05) is 19.3 Å². The predicted molar refractivity (Wildman–Crippen MR) is 312 cm³/mol. The second kappa shape index (κ2) is 60.9. The van der Waals surface area contributed by atoms with Crippen LogP contribution >= 0.6 is 0 Å². The Balaban J connectivity index is 3.96. The number of rotatable bonds is 58. The van der Waals surface area contributed by atoms with Gasteiger partial charge < -0.3 is 14.2 Å². The summed E-state index contributed by atoms with van der Waals surface area (Å²) in [6.07, 6.45) is 76.1. The molecule has 0 heterocycles. The number of unbranched alkanes of at least 4 members (excludes halogenated alkanes) is 39. The van der Waals surface area contributed by atoms with Crippen LogP contribution in [0.25, 0.3) is 0 Å². The van der Waals surface area contributed by atoms with Gasteiger partial charge in [0.2, 0.25) is 0 Å². The Bertz CT molecular complexity index is 1250. The van der Waals surface area contributed by atoms with E-state index in [1.54, 1.807) is 0 Å². The van der Waals surface area contributed by atoms with Gasteiger partial charge in [-0.2, -0.15) is 0 Å². The maximum Gasteiger partial charge on any atom is 0.306 e. The van der Waals surface area contributed by atoms with Crippen LogP contribution in [0.4, 0.5) is 0 Å². The SMILES string of the molecule is CC/C=C\C/C=C\C/C=C\C/C=C\CCCCCCCCC(=O)OC(COC(=O)CCCCCCC)COC(=O)CCCCCCCCCCCCCCCCCCCCCCCCCCCCCCCC. The Labute approximate surface area is 448 Å². The van der Waals surface area contributed by atoms with E-state index in [-0.39, 0.29) is 31.1 Å². The van der Waals surface area contributed by atoms with E-state index in [0.717, 1.165) is 103 Å². The Morgan fingerprint density at radius 2 is 0.542 bits per heavy atom. The largest absolute Gasteiger partial charge is 0.462 e. The Hall–Kier alpha value is -2.63. The number of hydrogen-bond acceptors (Lipinski definition) is 6. The third kappa shape index (κ3) is 58.3. The number of carbonyl (C=O) groups is 3. The highest BCUT2D eigenvalue weighted by Crippen LogP contribution is 2.18. The molecular formula is C66H120O6. The van der Waals surface area contributed by atoms with Crippen molar-refractivity contribution in [2.45, 2.75) is 341 Å². The number of hydrogen-bond donors (Lipinski definition) is 0. The number of esters is 3. The molecule has 6 nitrogen and oxygen atoms in total. The summed E-state index contributed by atoms with van der Waals surface area (Å²) < 4.78 is 16.7. The molecular weight excluding hydrogens is 889 g/mol. The van der Waals surface area contributed by atoms with Gasteiger partial charge in [-0.25, -0.2) is 0 Å². The fourth-order valence-corrected chi connectivity index (χ4v) is 9.38. The van der Waals surface area contributed by atoms with E-state index in [4.69, 9.17) is 14.2 Å². The quantitative estimate of drug-likeness (QED) is 0.0261. The highest BCUT2D eigenvalue weighted by atomic mass is 16.6. The fraction of sp³-hybridized carbons (Fsp3) is 0.833. The zero-order chi connectivity index (χ0) is 52.2. The summed E-state index contributed by atoms with van der Waals surface area (Å²) in [6.45, 7) is 6.48. The molecule has 0 bridgehead atoms. The van der Waals surface area contributed by atoms with Gasteiger partial charge in [0.15, 0.2) is 6.10 Å². The minimum Gasteiger partial charge on any atom is -0.462 e. The highest BCUT2D eigenvalue weighted by Gasteiger charge is 2.19. The lowest BCUT2D eigenvalue weighted by molar-refractivity contribution is -0.167. The molecule has 0 aliphatic rings. The van der Waals surface area contributed by atoms with Gasteiger partial charge >= 0.3 is 17.9 Å². The molecule has 0 amide bonds. The molecule has 0 aromatic heterocycles. The lowest BCUT2D eigenvalue weighted by Crippen LogP contribution is -2.30. The van der Waals surface area contributed by atoms with Gasteiger partial charge in [0.25, 0.3) is 0 Å². The van der Waals surface area contributed by atoms with E-state index in [1.165, 1.54) is 193 Å². The van der Waals surface area contributed by atoms with Crippen LogP contribution in [0.2, 0.25) is 0 Å². The van der Waals surface area contributed by atoms with Gasteiger partial charge in [0.05, 0.1) is 0 Å². The minimum atomic E-state index is -0.776. The number of carbonyl (C=O) groups excluding carboxylic acids is 3. The Morgan fingerprint density at radius 3 is 0.847 bits per heavy atom. The molecule has 0 rings (SSSR count). The van der Waals surface area contributed by atoms with Crippen LogP contribution in [-0.2, 0) is 28.6 Å². The number of ether oxygens (including phenoxy) is 3. The molecule has 0 N–H and O–H groups in total. The van der Waals surface area contributed by atoms with Crippen molar-refractivity contribution >= 4 is 17.9 Å². The lowest BCUT2D eigenvalue weighted by atomic mass is 10.0. The summed E-state index contributed by atoms with van der Waals surface area (Å²) in [5.74, 6) is -0.889. The first-order chi connectivity index (χ1) is 35.5. The van der Waals surface area contributed by atoms with Gasteiger partial charge in [-0.1, -0.05) is 307 Å². The molecule has 1 atom stereocenters. The van der Waals surface area contributed by atoms with Gasteiger partial charge in [-0.3, -0.25) is 14.4 Å². The van der Waals surface area contributed by atoms with E-state index < -0.39 is 6.10 Å². The van der Waals surface area contributed by atoms with Crippen molar-refractivity contribution in [3.8, 4) is 0 Å². The normalized spacial score (nSPS) is 12.3. The molecule has 0 aromatic rings. The smallest absolute Gasteiger partial charge is 0.306 e. The summed E-state index contributed by atoms with van der Waals surface area (Å²) >= 11 is 0. The first-order valence-corrected chi connectivity index (χ1v) is 31.6. The minimum absolute atomic E-state index is 0.0762. The molecule has 0 aliphatic heterocycles. The van der Waals surface area contributed by atoms with E-state index in [2.05, 4.69) is 69.4 Å². The fourth-order valence-electron chi connectivity index (χ4n) is 9.38. The standard InChI is InChI=1S/C66H120O6/c1-4-7-10-13-15-17-19-21-23-25-27-28-29-30-31-32-33-34-35-36-37-39-40-42-44-46-48-50-53-56-59-65(68)71-62-63(61-70-64(67)58-55-52-12-9-6-3)72-66(69)60-57-54-51-49-47-45-43-41-38-26-24-22-20-18-16-14-11-8-5-2/h8,11,16,18,22,24,38,41,63H,4-7,9-10,12-15,17,19-21,23,25-37,39-40,42-62H2,1-3H3/b11-8-,18-16-,24-22-,41-38-. The zero-order valence-corrected chi connectivity index (χ0v) is 48.2. The third-order valence-electron chi connectivity index (χ3n) is 14.1. The summed E-state index contributed by atoms with van der Waals surface area (Å²) in [5.41, 5.74) is 0. The molecule has 0 saturated heterocycles. The van der Waals surface area contributed by atoms with Crippen LogP contribution in [0, 0.1) is 0 Å². The van der Waals surface area contributed by atoms with Crippen molar-refractivity contribution in [3.63, 3.8) is 0 Å². The van der Waals surface area contributed by atoms with E-state index in [1.807, 2.05) is 0 Å². The van der Waals surface area contributed by atoms with Crippen LogP contribution in [0.3, 0.4) is 0 Å². The van der Waals surface area contributed by atoms with E-state index >= 15 is 0 Å². The topological polar surface area (TPSA) is 78.9 Å². The third-order valence-corrected chi connectivity index (χ3v) is 14.1. The highest BCUT2D eigenvalue weighted by molar-refractivity contribution is 5.71. The molecule has 0 aliphatic carbocycles. The van der Waals surface area contributed by atoms with Crippen molar-refractivity contribution in [2.24, 2.45) is 0 Å². The second-order valence-corrected chi connectivity index (χ2v) is 21.3. The molecule has 420 valence electrons. The predicted octanol–water partition coefficient (Wildman–Crippen LogP) is 21.4. The molecule has 6 heteroatoms. The summed E-state index contributed by atoms with van der Waals surface area (Å²) in [5, 5.41) is 0. The van der Waals surface area contributed by atoms with Crippen molar-refractivity contribution in [2.75, 3.05) is 13.2 Å². The first-order valence-electron chi connectivity index (χ1n) is 31.6. The summed E-state index contributed by atoms with van der Waals surface area (Å²) in [4.78, 5) is 37.9. The summed E-state index contributed by atoms with van der Waals surface area (Å²) in [7, 11) is 0. The van der Waals surface area contributed by atoms with E-state index in [0.29, 0.717) is 19.3 Å². The van der Waals surface area contributed by atoms with Crippen molar-refractivity contribution in [3.05, 3.63) is 48.6 Å². The van der Waals surface area contributed by atoms with Gasteiger partial charge in [0.1, 0.15) is 13.2 Å². The lowest BCUT2D eigenvalue weighted by Gasteiger charge is -2.18. The molecule has 0 radical (unpaired) electrons. The van der Waals surface area contributed by atoms with Crippen molar-refractivity contribution < 1.29 is 28.6 Å². The summed E-state index contributed by atoms with van der Waals surface area (Å²) in [6, 6.07) is 0. The second-order valence-electron chi connectivity index (χ2n) is 21.3. The molecule has 0 aromatic carbocycles. The maximum absolute atomic E-state index is 12.8. The van der Waals surface area contributed by atoms with Crippen LogP contribution in [0.15, 0.2) is 48.6 Å². The van der Waals surface area contributed by atoms with Crippen molar-refractivity contribution in [1.29, 1.82) is 0 Å². The molecule has 0 saturated carbocycles. The van der Waals surface area contributed by atoms with Crippen LogP contribution in [0.5, 0.6) is 0 Å². The first kappa shape index (κ1) is 69.4. The van der Waals surface area contributed by atoms with Crippen LogP contribution in [0.1, 0.15) is 335 Å². The van der Waals surface area contributed by atoms with Crippen LogP contribution in [-0.4, -0.2) is 37.2 Å². The van der Waals surface area contributed by atoms with Crippen molar-refractivity contribution in [1.82, 2.24) is 0 Å². The van der Waals surface area contributed by atoms with Gasteiger partial charge in [-0.15, -0.1) is 0 Å². The Morgan fingerprint density at radius 1 is 0.292 bits per heavy atom. The van der Waals surface area contributed by atoms with Crippen LogP contribution < -0.4 is 0 Å². The number of allylic oxidation sites excluding steroid dienone is 8. The molecule has 0 fully saturated rings. The maximum atomic E-state index is 12.8. The van der Waals surface area contributed by atoms with E-state index in [9.17, 15) is 14.4 Å². The molecule has 0 spiro atoms. The zero-order valence-electron chi connectivity index (χ0n) is 48.2. The Kier molecular flexibility index (Phi) is 58.7. The molecule has 72 heavy (non-hydrogen) atoms. The average Bonchev–Trinajstić information content (AvgIpc) is 3.38. The average molecular weight is 1010 g/mol. The molecule has 1 unspecified atom stereocenters. The monoisotopic (exact) mass is 1010 g/mol. The van der Waals surface area contributed by atoms with Gasteiger partial charge in [-0.05, 0) is 57.8 Å².